The summed E-state index contributed by atoms with van der Waals surface area (Å²) in [5, 5.41) is 13.1. The monoisotopic (exact) mass is 444 g/mol. The minimum atomic E-state index is -4.48. The van der Waals surface area contributed by atoms with Crippen LogP contribution in [0.1, 0.15) is 23.7 Å². The summed E-state index contributed by atoms with van der Waals surface area (Å²) in [4.78, 5) is 4.60. The number of aromatic nitrogens is 1. The molecule has 0 amide bonds. The highest BCUT2D eigenvalue weighted by molar-refractivity contribution is 5.93. The minimum absolute atomic E-state index is 0.0762. The predicted molar refractivity (Wildman–Crippen MR) is 111 cm³/mol. The van der Waals surface area contributed by atoms with Gasteiger partial charge in [-0.2, -0.15) is 18.4 Å². The summed E-state index contributed by atoms with van der Waals surface area (Å²) in [6.07, 6.45) is -3.73. The second-order valence-electron chi connectivity index (χ2n) is 8.24. The lowest BCUT2D eigenvalue weighted by Crippen LogP contribution is -2.47. The lowest BCUT2D eigenvalue weighted by Gasteiger charge is -2.39. The first-order chi connectivity index (χ1) is 15.3. The van der Waals surface area contributed by atoms with Crippen LogP contribution in [0.3, 0.4) is 0 Å². The van der Waals surface area contributed by atoms with Crippen molar-refractivity contribution in [3.63, 3.8) is 0 Å². The second-order valence-corrected chi connectivity index (χ2v) is 8.24. The van der Waals surface area contributed by atoms with E-state index in [9.17, 15) is 22.8 Å². The van der Waals surface area contributed by atoms with Gasteiger partial charge in [0, 0.05) is 41.3 Å². The number of hydrogen-bond acceptors (Lipinski definition) is 4. The molecule has 2 N–H and O–H groups in total. The van der Waals surface area contributed by atoms with Crippen LogP contribution in [0.25, 0.3) is 10.9 Å². The van der Waals surface area contributed by atoms with Crippen LogP contribution in [-0.4, -0.2) is 35.6 Å². The Labute approximate surface area is 181 Å². The van der Waals surface area contributed by atoms with Gasteiger partial charge < -0.3 is 15.0 Å². The summed E-state index contributed by atoms with van der Waals surface area (Å²) in [6, 6.07) is 12.2. The Hall–Kier alpha value is -3.25. The molecule has 1 fully saturated rings. The van der Waals surface area contributed by atoms with Gasteiger partial charge >= 0.3 is 6.18 Å². The molecule has 2 aromatic carbocycles. The largest absolute Gasteiger partial charge is 0.491 e. The van der Waals surface area contributed by atoms with Crippen LogP contribution in [0.2, 0.25) is 0 Å². The van der Waals surface area contributed by atoms with E-state index in [1.54, 1.807) is 24.3 Å². The molecular weight excluding hydrogens is 424 g/mol. The van der Waals surface area contributed by atoms with E-state index in [0.717, 1.165) is 18.1 Å². The van der Waals surface area contributed by atoms with Crippen LogP contribution in [0.15, 0.2) is 42.5 Å². The van der Waals surface area contributed by atoms with E-state index in [4.69, 9.17) is 4.74 Å². The fourth-order valence-electron chi connectivity index (χ4n) is 4.65. The van der Waals surface area contributed by atoms with E-state index in [0.29, 0.717) is 35.4 Å². The quantitative estimate of drug-likeness (QED) is 0.553. The Balaban J connectivity index is 1.55. The van der Waals surface area contributed by atoms with E-state index < -0.39 is 17.7 Å². The maximum absolute atomic E-state index is 13.8. The standard InChI is InChI=1S/C23H20F4N4O/c24-14-4-5-15-20(8-14)32-12-19(31-7-6-13(10-28)11-31)22(15)30-18-3-1-2-17-16(18)9-21(29-17)23(25,26)27/h1-5,8-9,13,19,22,29-30H,6-7,11-12H2. The average molecular weight is 444 g/mol. The number of nitrogens with one attached hydrogen (secondary N) is 2. The van der Waals surface area contributed by atoms with Crippen LogP contribution in [0.5, 0.6) is 5.75 Å². The number of benzene rings is 2. The highest BCUT2D eigenvalue weighted by atomic mass is 19.4. The van der Waals surface area contributed by atoms with Gasteiger partial charge in [0.15, 0.2) is 0 Å². The minimum Gasteiger partial charge on any atom is -0.491 e. The Bertz CT molecular complexity index is 1200. The van der Waals surface area contributed by atoms with Gasteiger partial charge in [0.2, 0.25) is 0 Å². The van der Waals surface area contributed by atoms with Crippen molar-refractivity contribution < 1.29 is 22.3 Å². The van der Waals surface area contributed by atoms with Crippen LogP contribution in [0, 0.1) is 23.1 Å². The third kappa shape index (κ3) is 3.65. The van der Waals surface area contributed by atoms with E-state index >= 15 is 0 Å². The molecule has 9 heteroatoms. The van der Waals surface area contributed by atoms with Gasteiger partial charge in [0.05, 0.1) is 24.1 Å². The number of halogens is 4. The molecule has 166 valence electrons. The summed E-state index contributed by atoms with van der Waals surface area (Å²) in [5.74, 6) is -0.0889. The SMILES string of the molecule is N#CC1CCN(C2COc3cc(F)ccc3C2Nc2cccc3[nH]c(C(F)(F)F)cc23)C1. The summed E-state index contributed by atoms with van der Waals surface area (Å²) in [5.41, 5.74) is 0.823. The third-order valence-electron chi connectivity index (χ3n) is 6.26. The molecule has 3 atom stereocenters. The van der Waals surface area contributed by atoms with Crippen LogP contribution in [-0.2, 0) is 6.18 Å². The fraction of sp³-hybridized carbons (Fsp3) is 0.348. The van der Waals surface area contributed by atoms with Crippen LogP contribution < -0.4 is 10.1 Å². The molecule has 3 heterocycles. The van der Waals surface area contributed by atoms with Crippen molar-refractivity contribution in [2.75, 3.05) is 25.0 Å². The second kappa shape index (κ2) is 7.71. The summed E-state index contributed by atoms with van der Waals surface area (Å²) in [6.45, 7) is 1.59. The highest BCUT2D eigenvalue weighted by Gasteiger charge is 2.39. The van der Waals surface area contributed by atoms with Gasteiger partial charge in [-0.25, -0.2) is 4.39 Å². The first kappa shape index (κ1) is 20.6. The Morgan fingerprint density at radius 1 is 1.19 bits per heavy atom. The number of anilines is 1. The lowest BCUT2D eigenvalue weighted by molar-refractivity contribution is -0.140. The topological polar surface area (TPSA) is 64.1 Å². The van der Waals surface area contributed by atoms with Crippen molar-refractivity contribution in [2.24, 2.45) is 5.92 Å². The zero-order valence-corrected chi connectivity index (χ0v) is 16.9. The van der Waals surface area contributed by atoms with Crippen molar-refractivity contribution in [3.05, 3.63) is 59.5 Å². The third-order valence-corrected chi connectivity index (χ3v) is 6.26. The van der Waals surface area contributed by atoms with Gasteiger partial charge in [-0.3, -0.25) is 4.90 Å². The molecule has 3 unspecified atom stereocenters. The lowest BCUT2D eigenvalue weighted by atomic mass is 9.94. The van der Waals surface area contributed by atoms with Gasteiger partial charge in [0.25, 0.3) is 0 Å². The Morgan fingerprint density at radius 2 is 2.03 bits per heavy atom. The van der Waals surface area contributed by atoms with E-state index in [1.165, 1.54) is 12.1 Å². The highest BCUT2D eigenvalue weighted by Crippen LogP contribution is 2.40. The maximum atomic E-state index is 13.8. The van der Waals surface area contributed by atoms with E-state index in [-0.39, 0.29) is 24.6 Å². The number of alkyl halides is 3. The fourth-order valence-corrected chi connectivity index (χ4v) is 4.65. The molecule has 3 aromatic rings. The molecule has 1 saturated heterocycles. The molecule has 5 rings (SSSR count). The molecule has 5 nitrogen and oxygen atoms in total. The zero-order chi connectivity index (χ0) is 22.5. The van der Waals surface area contributed by atoms with Crippen molar-refractivity contribution in [1.29, 1.82) is 5.26 Å². The smallest absolute Gasteiger partial charge is 0.431 e. The predicted octanol–water partition coefficient (Wildman–Crippen LogP) is 5.09. The molecule has 1 aromatic heterocycles. The Kier molecular flexibility index (Phi) is 4.97. The number of rotatable bonds is 3. The Morgan fingerprint density at radius 3 is 2.78 bits per heavy atom. The number of nitriles is 1. The number of fused-ring (bicyclic) bond motifs is 2. The summed E-state index contributed by atoms with van der Waals surface area (Å²) < 4.78 is 59.4. The summed E-state index contributed by atoms with van der Waals surface area (Å²) in [7, 11) is 0. The van der Waals surface area contributed by atoms with Crippen molar-refractivity contribution in [3.8, 4) is 11.8 Å². The molecular formula is C23H20F4N4O. The first-order valence-corrected chi connectivity index (χ1v) is 10.3. The molecule has 0 radical (unpaired) electrons. The molecule has 0 bridgehead atoms. The van der Waals surface area contributed by atoms with Gasteiger partial charge in [-0.15, -0.1) is 0 Å². The van der Waals surface area contributed by atoms with Crippen molar-refractivity contribution in [1.82, 2.24) is 9.88 Å². The number of ether oxygens (including phenoxy) is 1. The zero-order valence-electron chi connectivity index (χ0n) is 16.9. The van der Waals surface area contributed by atoms with Gasteiger partial charge in [-0.1, -0.05) is 12.1 Å². The van der Waals surface area contributed by atoms with Crippen molar-refractivity contribution >= 4 is 16.6 Å². The number of H-pyrrole nitrogens is 1. The first-order valence-electron chi connectivity index (χ1n) is 10.3. The molecule has 0 aliphatic carbocycles. The van der Waals surface area contributed by atoms with Crippen LogP contribution >= 0.6 is 0 Å². The van der Waals surface area contributed by atoms with E-state index in [1.807, 2.05) is 0 Å². The van der Waals surface area contributed by atoms with Crippen molar-refractivity contribution in [2.45, 2.75) is 24.7 Å². The number of aromatic amines is 1. The molecule has 32 heavy (non-hydrogen) atoms. The summed E-state index contributed by atoms with van der Waals surface area (Å²) >= 11 is 0. The van der Waals surface area contributed by atoms with E-state index in [2.05, 4.69) is 21.3 Å². The average Bonchev–Trinajstić information content (AvgIpc) is 3.41. The van der Waals surface area contributed by atoms with Gasteiger partial charge in [-0.05, 0) is 30.7 Å². The molecule has 2 aliphatic heterocycles. The van der Waals surface area contributed by atoms with Gasteiger partial charge in [0.1, 0.15) is 23.9 Å². The number of nitrogens with zero attached hydrogens (tertiary/aromatic N) is 2. The number of likely N-dealkylation sites (tertiary alicyclic amines) is 1. The molecule has 2 aliphatic rings. The number of hydrogen-bond donors (Lipinski definition) is 2. The molecule has 0 spiro atoms. The maximum Gasteiger partial charge on any atom is 0.431 e. The molecule has 0 saturated carbocycles. The normalized spacial score (nSPS) is 23.5. The van der Waals surface area contributed by atoms with Crippen LogP contribution in [0.4, 0.5) is 23.2 Å².